The van der Waals surface area contributed by atoms with Crippen molar-refractivity contribution in [1.82, 2.24) is 9.47 Å². The lowest BCUT2D eigenvalue weighted by molar-refractivity contribution is -0.141. The topological polar surface area (TPSA) is 77.6 Å². The fourth-order valence-corrected chi connectivity index (χ4v) is 1.94. The van der Waals surface area contributed by atoms with Crippen LogP contribution in [-0.2, 0) is 9.53 Å². The largest absolute Gasteiger partial charge is 0.468 e. The smallest absolute Gasteiger partial charge is 0.325 e. The lowest BCUT2D eigenvalue weighted by Gasteiger charge is -2.26. The summed E-state index contributed by atoms with van der Waals surface area (Å²) in [6.45, 7) is 7.57. The number of methoxy groups -OCH3 is 1. The number of amides is 1. The molecule has 6 heteroatoms. The van der Waals surface area contributed by atoms with Crippen LogP contribution >= 0.6 is 0 Å². The molecule has 112 valence electrons. The molecule has 2 N–H and O–H groups in total. The zero-order valence-electron chi connectivity index (χ0n) is 12.7. The highest BCUT2D eigenvalue weighted by molar-refractivity contribution is 5.95. The van der Waals surface area contributed by atoms with E-state index in [1.165, 1.54) is 12.0 Å². The van der Waals surface area contributed by atoms with E-state index < -0.39 is 5.97 Å². The number of hydrogen-bond acceptors (Lipinski definition) is 4. The van der Waals surface area contributed by atoms with Crippen LogP contribution in [0, 0.1) is 0 Å². The summed E-state index contributed by atoms with van der Waals surface area (Å²) in [7, 11) is 1.31. The predicted octanol–water partition coefficient (Wildman–Crippen LogP) is 1.67. The number of carbonyl (C=O) groups is 2. The van der Waals surface area contributed by atoms with Gasteiger partial charge in [0.15, 0.2) is 0 Å². The third-order valence-corrected chi connectivity index (χ3v) is 3.06. The summed E-state index contributed by atoms with van der Waals surface area (Å²) in [6.07, 6.45) is 1.73. The Bertz CT molecular complexity index is 492. The highest BCUT2D eigenvalue weighted by atomic mass is 16.5. The molecule has 0 saturated heterocycles. The van der Waals surface area contributed by atoms with Crippen molar-refractivity contribution >= 4 is 17.6 Å². The third kappa shape index (κ3) is 3.53. The van der Waals surface area contributed by atoms with Crippen molar-refractivity contribution in [2.75, 3.05) is 19.4 Å². The van der Waals surface area contributed by atoms with Crippen LogP contribution in [0.1, 0.15) is 44.2 Å². The number of carbonyl (C=O) groups excluding carboxylic acids is 2. The Hall–Kier alpha value is -1.98. The average Bonchev–Trinajstić information content (AvgIpc) is 2.76. The van der Waals surface area contributed by atoms with Crippen molar-refractivity contribution in [3.63, 3.8) is 0 Å². The molecular formula is C14H23N3O3. The molecule has 0 fully saturated rings. The number of nitrogens with two attached hydrogens (primary N) is 1. The van der Waals surface area contributed by atoms with E-state index in [0.29, 0.717) is 11.4 Å². The van der Waals surface area contributed by atoms with Crippen LogP contribution in [0.4, 0.5) is 5.69 Å². The number of ether oxygens (including phenoxy) is 1. The summed E-state index contributed by atoms with van der Waals surface area (Å²) in [5.74, 6) is -0.668. The van der Waals surface area contributed by atoms with Gasteiger partial charge >= 0.3 is 5.97 Å². The Morgan fingerprint density at radius 1 is 1.35 bits per heavy atom. The van der Waals surface area contributed by atoms with Crippen LogP contribution in [0.15, 0.2) is 12.3 Å². The van der Waals surface area contributed by atoms with Crippen LogP contribution in [0.3, 0.4) is 0 Å². The van der Waals surface area contributed by atoms with E-state index in [9.17, 15) is 9.59 Å². The molecule has 6 nitrogen and oxygen atoms in total. The first-order valence-corrected chi connectivity index (χ1v) is 6.63. The highest BCUT2D eigenvalue weighted by Crippen LogP contribution is 2.19. The minimum absolute atomic E-state index is 0.0732. The fraction of sp³-hybridized carbons (Fsp3) is 0.571. The van der Waals surface area contributed by atoms with Gasteiger partial charge in [0, 0.05) is 18.3 Å². The second-order valence-electron chi connectivity index (χ2n) is 5.26. The van der Waals surface area contributed by atoms with Gasteiger partial charge in [-0.05, 0) is 33.8 Å². The standard InChI is InChI=1S/C14H23N3O3/c1-9(2)16-7-11(15)6-12(16)14(19)17(10(3)4)8-13(18)20-5/h6-7,9-10H,8,15H2,1-5H3. The van der Waals surface area contributed by atoms with Gasteiger partial charge in [-0.1, -0.05) is 0 Å². The molecule has 0 saturated carbocycles. The van der Waals surface area contributed by atoms with Crippen LogP contribution in [0.25, 0.3) is 0 Å². The lowest BCUT2D eigenvalue weighted by atomic mass is 10.2. The Balaban J connectivity index is 3.09. The SMILES string of the molecule is COC(=O)CN(C(=O)c1cc(N)cn1C(C)C)C(C)C. The Morgan fingerprint density at radius 3 is 2.40 bits per heavy atom. The molecule has 0 aromatic carbocycles. The maximum Gasteiger partial charge on any atom is 0.325 e. The zero-order chi connectivity index (χ0) is 15.4. The number of nitrogen functional groups attached to an aromatic ring is 1. The molecule has 0 radical (unpaired) electrons. The minimum atomic E-state index is -0.442. The molecule has 1 amide bonds. The number of esters is 1. The van der Waals surface area contributed by atoms with Crippen LogP contribution < -0.4 is 5.73 Å². The Morgan fingerprint density at radius 2 is 1.95 bits per heavy atom. The first-order chi connectivity index (χ1) is 9.27. The van der Waals surface area contributed by atoms with Crippen molar-refractivity contribution in [2.24, 2.45) is 0 Å². The lowest BCUT2D eigenvalue weighted by Crippen LogP contribution is -2.42. The Kier molecular flexibility index (Phi) is 5.19. The van der Waals surface area contributed by atoms with E-state index >= 15 is 0 Å². The van der Waals surface area contributed by atoms with E-state index in [0.717, 1.165) is 0 Å². The summed E-state index contributed by atoms with van der Waals surface area (Å²) < 4.78 is 6.45. The van der Waals surface area contributed by atoms with Gasteiger partial charge in [-0.3, -0.25) is 9.59 Å². The first kappa shape index (κ1) is 16.1. The van der Waals surface area contributed by atoms with Crippen LogP contribution in [0.5, 0.6) is 0 Å². The van der Waals surface area contributed by atoms with Gasteiger partial charge in [0.05, 0.1) is 12.8 Å². The molecule has 1 rings (SSSR count). The molecule has 0 aliphatic rings. The first-order valence-electron chi connectivity index (χ1n) is 6.63. The highest BCUT2D eigenvalue weighted by Gasteiger charge is 2.25. The zero-order valence-corrected chi connectivity index (χ0v) is 12.7. The summed E-state index contributed by atoms with van der Waals surface area (Å²) >= 11 is 0. The summed E-state index contributed by atoms with van der Waals surface area (Å²) in [5, 5.41) is 0. The van der Waals surface area contributed by atoms with Crippen molar-refractivity contribution in [3.05, 3.63) is 18.0 Å². The van der Waals surface area contributed by atoms with Crippen LogP contribution in [-0.4, -0.2) is 41.0 Å². The second kappa shape index (κ2) is 6.45. The average molecular weight is 281 g/mol. The minimum Gasteiger partial charge on any atom is -0.468 e. The maximum atomic E-state index is 12.6. The third-order valence-electron chi connectivity index (χ3n) is 3.06. The molecule has 0 spiro atoms. The second-order valence-corrected chi connectivity index (χ2v) is 5.26. The van der Waals surface area contributed by atoms with Gasteiger partial charge < -0.3 is 19.9 Å². The number of anilines is 1. The maximum absolute atomic E-state index is 12.6. The van der Waals surface area contributed by atoms with Crippen molar-refractivity contribution < 1.29 is 14.3 Å². The van der Waals surface area contributed by atoms with Crippen molar-refractivity contribution in [1.29, 1.82) is 0 Å². The normalized spacial score (nSPS) is 10.9. The van der Waals surface area contributed by atoms with Gasteiger partial charge in [0.2, 0.25) is 0 Å². The molecule has 1 aromatic rings. The van der Waals surface area contributed by atoms with Crippen molar-refractivity contribution in [2.45, 2.75) is 39.8 Å². The van der Waals surface area contributed by atoms with Crippen LogP contribution in [0.2, 0.25) is 0 Å². The monoisotopic (exact) mass is 281 g/mol. The summed E-state index contributed by atoms with van der Waals surface area (Å²) in [6, 6.07) is 1.63. The van der Waals surface area contributed by atoms with Gasteiger partial charge in [0.25, 0.3) is 5.91 Å². The van der Waals surface area contributed by atoms with Gasteiger partial charge in [0.1, 0.15) is 12.2 Å². The molecule has 0 aliphatic carbocycles. The molecule has 20 heavy (non-hydrogen) atoms. The summed E-state index contributed by atoms with van der Waals surface area (Å²) in [5.41, 5.74) is 6.79. The predicted molar refractivity (Wildman–Crippen MR) is 77.4 cm³/mol. The molecule has 0 aliphatic heterocycles. The Labute approximate surface area is 119 Å². The van der Waals surface area contributed by atoms with Gasteiger partial charge in [-0.2, -0.15) is 0 Å². The fourth-order valence-electron chi connectivity index (χ4n) is 1.94. The molecule has 1 aromatic heterocycles. The van der Waals surface area contributed by atoms with E-state index in [4.69, 9.17) is 5.73 Å². The molecule has 0 atom stereocenters. The van der Waals surface area contributed by atoms with E-state index in [1.807, 2.05) is 32.3 Å². The van der Waals surface area contributed by atoms with E-state index in [-0.39, 0.29) is 24.5 Å². The number of hydrogen-bond donors (Lipinski definition) is 1. The van der Waals surface area contributed by atoms with Gasteiger partial charge in [-0.25, -0.2) is 0 Å². The number of rotatable bonds is 5. The molecule has 1 heterocycles. The molecule has 0 unspecified atom stereocenters. The summed E-state index contributed by atoms with van der Waals surface area (Å²) in [4.78, 5) is 25.5. The van der Waals surface area contributed by atoms with Gasteiger partial charge in [-0.15, -0.1) is 0 Å². The molecular weight excluding hydrogens is 258 g/mol. The van der Waals surface area contributed by atoms with Crippen molar-refractivity contribution in [3.8, 4) is 0 Å². The molecule has 0 bridgehead atoms. The van der Waals surface area contributed by atoms with E-state index in [2.05, 4.69) is 4.74 Å². The number of nitrogens with zero attached hydrogens (tertiary/aromatic N) is 2. The van der Waals surface area contributed by atoms with E-state index in [1.54, 1.807) is 12.3 Å². The quantitative estimate of drug-likeness (QED) is 0.833. The number of aromatic nitrogens is 1.